The molecule has 1 atom stereocenters. The number of ether oxygens (including phenoxy) is 2. The fourth-order valence-corrected chi connectivity index (χ4v) is 4.44. The first-order valence-corrected chi connectivity index (χ1v) is 11.5. The fraction of sp³-hybridized carbons (Fsp3) is 0.542. The first-order chi connectivity index (χ1) is 16.0. The van der Waals surface area contributed by atoms with E-state index in [1.54, 1.807) is 23.1 Å². The predicted molar refractivity (Wildman–Crippen MR) is 117 cm³/mol. The van der Waals surface area contributed by atoms with Crippen molar-refractivity contribution in [2.24, 2.45) is 5.41 Å². The van der Waals surface area contributed by atoms with Gasteiger partial charge in [0.25, 0.3) is 5.91 Å². The Bertz CT molecular complexity index is 957. The van der Waals surface area contributed by atoms with E-state index in [1.165, 1.54) is 12.1 Å². The van der Waals surface area contributed by atoms with E-state index in [0.29, 0.717) is 51.6 Å². The van der Waals surface area contributed by atoms with Crippen LogP contribution in [0.15, 0.2) is 34.9 Å². The Morgan fingerprint density at radius 3 is 2.61 bits per heavy atom. The number of carbonyl (C=O) groups is 2. The molecule has 0 spiro atoms. The standard InChI is InChI=1S/C24H30FN3O5/c1-2-19-14-21(33-26-19)23(30)28-9-3-8-24(16-28,15-22(29)27-10-12-31-13-11-27)17-32-20-6-4-18(25)5-7-20/h4-7,14H,2-3,8-13,15-17H2,1H3. The molecule has 2 aliphatic heterocycles. The molecule has 178 valence electrons. The van der Waals surface area contributed by atoms with Crippen molar-refractivity contribution >= 4 is 11.8 Å². The summed E-state index contributed by atoms with van der Waals surface area (Å²) in [5, 5.41) is 3.93. The third kappa shape index (κ3) is 5.71. The lowest BCUT2D eigenvalue weighted by Gasteiger charge is -2.43. The van der Waals surface area contributed by atoms with E-state index in [1.807, 2.05) is 11.8 Å². The SMILES string of the molecule is CCc1cc(C(=O)N2CCCC(COc3ccc(F)cc3)(CC(=O)N3CCOCC3)C2)on1. The quantitative estimate of drug-likeness (QED) is 0.633. The van der Waals surface area contributed by atoms with Crippen LogP contribution in [0.1, 0.15) is 42.4 Å². The number of morpholine rings is 1. The molecule has 0 N–H and O–H groups in total. The van der Waals surface area contributed by atoms with Gasteiger partial charge in [-0.1, -0.05) is 12.1 Å². The second kappa shape index (κ2) is 10.3. The van der Waals surface area contributed by atoms with Gasteiger partial charge < -0.3 is 23.8 Å². The molecular formula is C24H30FN3O5. The van der Waals surface area contributed by atoms with Crippen LogP contribution >= 0.6 is 0 Å². The number of halogens is 1. The maximum absolute atomic E-state index is 13.3. The molecule has 1 aromatic carbocycles. The van der Waals surface area contributed by atoms with Gasteiger partial charge in [-0.15, -0.1) is 0 Å². The zero-order valence-corrected chi connectivity index (χ0v) is 18.9. The summed E-state index contributed by atoms with van der Waals surface area (Å²) < 4.78 is 29.9. The van der Waals surface area contributed by atoms with E-state index in [0.717, 1.165) is 18.5 Å². The second-order valence-electron chi connectivity index (χ2n) is 8.78. The van der Waals surface area contributed by atoms with Gasteiger partial charge in [0.2, 0.25) is 11.7 Å². The highest BCUT2D eigenvalue weighted by Crippen LogP contribution is 2.36. The lowest BCUT2D eigenvalue weighted by atomic mass is 9.77. The summed E-state index contributed by atoms with van der Waals surface area (Å²) >= 11 is 0. The lowest BCUT2D eigenvalue weighted by Crippen LogP contribution is -2.52. The van der Waals surface area contributed by atoms with Crippen LogP contribution in [0.3, 0.4) is 0 Å². The van der Waals surface area contributed by atoms with E-state index in [9.17, 15) is 14.0 Å². The normalized spacial score (nSPS) is 21.2. The van der Waals surface area contributed by atoms with Gasteiger partial charge in [-0.2, -0.15) is 0 Å². The molecule has 8 nitrogen and oxygen atoms in total. The van der Waals surface area contributed by atoms with Crippen molar-refractivity contribution in [2.45, 2.75) is 32.6 Å². The first kappa shape index (κ1) is 23.2. The van der Waals surface area contributed by atoms with Gasteiger partial charge in [0.15, 0.2) is 0 Å². The molecular weight excluding hydrogens is 429 g/mol. The summed E-state index contributed by atoms with van der Waals surface area (Å²) in [6, 6.07) is 7.49. The predicted octanol–water partition coefficient (Wildman–Crippen LogP) is 2.93. The monoisotopic (exact) mass is 459 g/mol. The van der Waals surface area contributed by atoms with Crippen LogP contribution in [0.25, 0.3) is 0 Å². The van der Waals surface area contributed by atoms with Crippen molar-refractivity contribution in [3.05, 3.63) is 47.6 Å². The van der Waals surface area contributed by atoms with Crippen LogP contribution < -0.4 is 4.74 Å². The summed E-state index contributed by atoms with van der Waals surface area (Å²) in [5.41, 5.74) is 0.162. The van der Waals surface area contributed by atoms with Crippen LogP contribution in [-0.2, 0) is 16.0 Å². The highest BCUT2D eigenvalue weighted by atomic mass is 19.1. The number of hydrogen-bond acceptors (Lipinski definition) is 6. The van der Waals surface area contributed by atoms with Gasteiger partial charge in [0, 0.05) is 44.1 Å². The van der Waals surface area contributed by atoms with Crippen LogP contribution in [0, 0.1) is 11.2 Å². The molecule has 0 saturated carbocycles. The Labute approximate surface area is 192 Å². The number of rotatable bonds is 7. The van der Waals surface area contributed by atoms with E-state index in [-0.39, 0.29) is 36.4 Å². The maximum atomic E-state index is 13.3. The molecule has 9 heteroatoms. The average Bonchev–Trinajstić information content (AvgIpc) is 3.33. The molecule has 2 fully saturated rings. The number of nitrogens with zero attached hydrogens (tertiary/aromatic N) is 3. The zero-order chi connectivity index (χ0) is 23.3. The van der Waals surface area contributed by atoms with Crippen LogP contribution in [0.4, 0.5) is 4.39 Å². The number of piperidine rings is 1. The number of likely N-dealkylation sites (tertiary alicyclic amines) is 1. The van der Waals surface area contributed by atoms with Crippen molar-refractivity contribution < 1.29 is 28.0 Å². The fourth-order valence-electron chi connectivity index (χ4n) is 4.44. The third-order valence-corrected chi connectivity index (χ3v) is 6.33. The van der Waals surface area contributed by atoms with Crippen molar-refractivity contribution in [3.8, 4) is 5.75 Å². The van der Waals surface area contributed by atoms with Crippen molar-refractivity contribution in [1.29, 1.82) is 0 Å². The summed E-state index contributed by atoms with van der Waals surface area (Å²) in [7, 11) is 0. The summed E-state index contributed by atoms with van der Waals surface area (Å²) in [6.07, 6.45) is 2.42. The van der Waals surface area contributed by atoms with E-state index in [4.69, 9.17) is 14.0 Å². The van der Waals surface area contributed by atoms with Gasteiger partial charge in [0.1, 0.15) is 11.6 Å². The first-order valence-electron chi connectivity index (χ1n) is 11.5. The largest absolute Gasteiger partial charge is 0.493 e. The van der Waals surface area contributed by atoms with Crippen LogP contribution in [0.5, 0.6) is 5.75 Å². The third-order valence-electron chi connectivity index (χ3n) is 6.33. The van der Waals surface area contributed by atoms with Gasteiger partial charge in [0.05, 0.1) is 25.5 Å². The Kier molecular flexibility index (Phi) is 7.27. The van der Waals surface area contributed by atoms with Crippen molar-refractivity contribution in [2.75, 3.05) is 46.0 Å². The maximum Gasteiger partial charge on any atom is 0.292 e. The Morgan fingerprint density at radius 1 is 1.15 bits per heavy atom. The van der Waals surface area contributed by atoms with Crippen molar-refractivity contribution in [3.63, 3.8) is 0 Å². The van der Waals surface area contributed by atoms with Gasteiger partial charge in [-0.05, 0) is 43.5 Å². The minimum absolute atomic E-state index is 0.0308. The number of benzene rings is 1. The molecule has 4 rings (SSSR count). The van der Waals surface area contributed by atoms with Gasteiger partial charge >= 0.3 is 0 Å². The van der Waals surface area contributed by atoms with Crippen LogP contribution in [0.2, 0.25) is 0 Å². The lowest BCUT2D eigenvalue weighted by molar-refractivity contribution is -0.139. The Balaban J connectivity index is 1.51. The number of hydrogen-bond donors (Lipinski definition) is 0. The van der Waals surface area contributed by atoms with E-state index >= 15 is 0 Å². The molecule has 0 aliphatic carbocycles. The van der Waals surface area contributed by atoms with E-state index < -0.39 is 5.41 Å². The molecule has 1 unspecified atom stereocenters. The molecule has 2 amide bonds. The molecule has 2 aliphatic rings. The average molecular weight is 460 g/mol. The van der Waals surface area contributed by atoms with Crippen molar-refractivity contribution in [1.82, 2.24) is 15.0 Å². The number of amides is 2. The molecule has 2 aromatic rings. The Morgan fingerprint density at radius 2 is 1.91 bits per heavy atom. The molecule has 33 heavy (non-hydrogen) atoms. The summed E-state index contributed by atoms with van der Waals surface area (Å²) in [4.78, 5) is 29.8. The molecule has 1 aromatic heterocycles. The van der Waals surface area contributed by atoms with Gasteiger partial charge in [-0.3, -0.25) is 9.59 Å². The minimum atomic E-state index is -0.564. The van der Waals surface area contributed by atoms with E-state index in [2.05, 4.69) is 5.16 Å². The Hall–Kier alpha value is -2.94. The molecule has 0 radical (unpaired) electrons. The highest BCUT2D eigenvalue weighted by Gasteiger charge is 2.41. The zero-order valence-electron chi connectivity index (χ0n) is 18.9. The molecule has 0 bridgehead atoms. The molecule has 2 saturated heterocycles. The number of aryl methyl sites for hydroxylation is 1. The van der Waals surface area contributed by atoms with Gasteiger partial charge in [-0.25, -0.2) is 4.39 Å². The minimum Gasteiger partial charge on any atom is -0.493 e. The second-order valence-corrected chi connectivity index (χ2v) is 8.78. The molecule has 3 heterocycles. The summed E-state index contributed by atoms with van der Waals surface area (Å²) in [6.45, 7) is 5.32. The van der Waals surface area contributed by atoms with Crippen LogP contribution in [-0.4, -0.2) is 72.8 Å². The topological polar surface area (TPSA) is 85.1 Å². The summed E-state index contributed by atoms with van der Waals surface area (Å²) in [5.74, 6) is 0.199. The number of carbonyl (C=O) groups excluding carboxylic acids is 2. The number of aromatic nitrogens is 1. The highest BCUT2D eigenvalue weighted by molar-refractivity contribution is 5.91. The smallest absolute Gasteiger partial charge is 0.292 e.